The molecule has 0 fully saturated rings. The summed E-state index contributed by atoms with van der Waals surface area (Å²) in [5, 5.41) is 11.9. The molecule has 0 amide bonds. The van der Waals surface area contributed by atoms with E-state index in [0.717, 1.165) is 0 Å². The van der Waals surface area contributed by atoms with E-state index in [2.05, 4.69) is 25.2 Å². The lowest BCUT2D eigenvalue weighted by Crippen LogP contribution is -2.18. The Hall–Kier alpha value is -3.18. The number of hydrazone groups is 1. The molecule has 0 aliphatic carbocycles. The zero-order valence-corrected chi connectivity index (χ0v) is 12.9. The molecule has 24 heavy (non-hydrogen) atoms. The second kappa shape index (κ2) is 5.79. The van der Waals surface area contributed by atoms with Crippen molar-refractivity contribution in [1.82, 2.24) is 15.0 Å². The number of sulfonamides is 1. The first-order valence-corrected chi connectivity index (χ1v) is 8.12. The van der Waals surface area contributed by atoms with E-state index in [9.17, 15) is 8.42 Å². The Morgan fingerprint density at radius 1 is 1.21 bits per heavy atom. The Morgan fingerprint density at radius 3 is 2.62 bits per heavy atom. The van der Waals surface area contributed by atoms with Gasteiger partial charge >= 0.3 is 0 Å². The van der Waals surface area contributed by atoms with Gasteiger partial charge in [-0.3, -0.25) is 4.98 Å². The third kappa shape index (κ3) is 2.51. The molecule has 10 nitrogen and oxygen atoms in total. The topological polar surface area (TPSA) is 176 Å². The second-order valence-electron chi connectivity index (χ2n) is 4.74. The maximum atomic E-state index is 11.9. The van der Waals surface area contributed by atoms with Crippen LogP contribution in [0.25, 0.3) is 22.3 Å². The molecule has 122 valence electrons. The summed E-state index contributed by atoms with van der Waals surface area (Å²) >= 11 is 0. The lowest BCUT2D eigenvalue weighted by atomic mass is 10.0. The number of hydrogen-bond acceptors (Lipinski definition) is 7. The van der Waals surface area contributed by atoms with Crippen LogP contribution in [0.1, 0.15) is 5.56 Å². The van der Waals surface area contributed by atoms with Gasteiger partial charge in [-0.05, 0) is 11.6 Å². The van der Waals surface area contributed by atoms with Crippen molar-refractivity contribution in [2.45, 2.75) is 4.90 Å². The van der Waals surface area contributed by atoms with Gasteiger partial charge in [-0.1, -0.05) is 12.1 Å². The van der Waals surface area contributed by atoms with Crippen LogP contribution in [0.5, 0.6) is 0 Å². The molecule has 3 aromatic rings. The van der Waals surface area contributed by atoms with Crippen molar-refractivity contribution >= 4 is 27.0 Å². The van der Waals surface area contributed by atoms with Crippen molar-refractivity contribution in [2.75, 3.05) is 0 Å². The summed E-state index contributed by atoms with van der Waals surface area (Å²) in [6, 6.07) is 4.45. The fourth-order valence-corrected chi connectivity index (χ4v) is 3.18. The average Bonchev–Trinajstić information content (AvgIpc) is 2.99. The van der Waals surface area contributed by atoms with Gasteiger partial charge in [0.05, 0.1) is 10.5 Å². The normalized spacial score (nSPS) is 12.5. The molecule has 6 N–H and O–H groups in total. The van der Waals surface area contributed by atoms with E-state index < -0.39 is 10.0 Å². The van der Waals surface area contributed by atoms with Gasteiger partial charge in [0, 0.05) is 24.2 Å². The van der Waals surface area contributed by atoms with Gasteiger partial charge in [-0.15, -0.1) is 5.11 Å². The van der Waals surface area contributed by atoms with E-state index in [-0.39, 0.29) is 16.3 Å². The monoisotopic (exact) mass is 344 g/mol. The third-order valence-corrected chi connectivity index (χ3v) is 4.33. The number of nitrogens with one attached hydrogen (secondary N) is 2. The lowest BCUT2D eigenvalue weighted by Gasteiger charge is -2.11. The standard InChI is InChI=1S/C13H12N8O2S/c14-20-12(21-15)10-7(2-1-3-9(10)24(16,22)23)8-6-19-13-11(8)17-4-5-18-13/h1-6,14H,15H2,(H,18,19)(H2,16,22,23)/b20-14?,21-12-. The Bertz CT molecular complexity index is 1070. The number of H-pyrrole nitrogens is 1. The molecule has 0 atom stereocenters. The summed E-state index contributed by atoms with van der Waals surface area (Å²) in [4.78, 5) is 11.1. The molecule has 0 bridgehead atoms. The predicted octanol–water partition coefficient (Wildman–Crippen LogP) is 0.924. The first kappa shape index (κ1) is 15.7. The van der Waals surface area contributed by atoms with Crippen LogP contribution in [0.15, 0.2) is 51.9 Å². The fraction of sp³-hybridized carbons (Fsp3) is 0. The van der Waals surface area contributed by atoms with E-state index in [1.807, 2.05) is 0 Å². The fourth-order valence-electron chi connectivity index (χ4n) is 2.43. The first-order chi connectivity index (χ1) is 11.5. The zero-order chi connectivity index (χ0) is 17.3. The van der Waals surface area contributed by atoms with Crippen LogP contribution in [0, 0.1) is 5.53 Å². The molecule has 1 aromatic carbocycles. The van der Waals surface area contributed by atoms with E-state index in [0.29, 0.717) is 22.3 Å². The van der Waals surface area contributed by atoms with Gasteiger partial charge in [-0.2, -0.15) is 5.10 Å². The van der Waals surface area contributed by atoms with Gasteiger partial charge in [0.2, 0.25) is 15.9 Å². The highest BCUT2D eigenvalue weighted by atomic mass is 32.2. The minimum atomic E-state index is -4.09. The maximum Gasteiger partial charge on any atom is 0.238 e. The highest BCUT2D eigenvalue weighted by molar-refractivity contribution is 7.89. The van der Waals surface area contributed by atoms with Crippen molar-refractivity contribution in [3.05, 3.63) is 42.4 Å². The molecule has 2 heterocycles. The van der Waals surface area contributed by atoms with Crippen LogP contribution in [0.3, 0.4) is 0 Å². The lowest BCUT2D eigenvalue weighted by molar-refractivity contribution is 0.597. The van der Waals surface area contributed by atoms with E-state index >= 15 is 0 Å². The largest absolute Gasteiger partial charge is 0.344 e. The number of fused-ring (bicyclic) bond motifs is 1. The molecule has 0 aliphatic rings. The summed E-state index contributed by atoms with van der Waals surface area (Å²) in [6.45, 7) is 0. The quantitative estimate of drug-likeness (QED) is 0.181. The van der Waals surface area contributed by atoms with E-state index in [1.165, 1.54) is 24.5 Å². The number of hydrogen-bond donors (Lipinski definition) is 4. The van der Waals surface area contributed by atoms with Gasteiger partial charge in [0.25, 0.3) is 0 Å². The Kier molecular flexibility index (Phi) is 3.79. The van der Waals surface area contributed by atoms with Crippen LogP contribution >= 0.6 is 0 Å². The predicted molar refractivity (Wildman–Crippen MR) is 86.6 cm³/mol. The van der Waals surface area contributed by atoms with Gasteiger partial charge in [-0.25, -0.2) is 24.1 Å². The van der Waals surface area contributed by atoms with Crippen molar-refractivity contribution in [1.29, 1.82) is 5.53 Å². The van der Waals surface area contributed by atoms with Crippen LogP contribution in [-0.2, 0) is 10.0 Å². The summed E-state index contributed by atoms with van der Waals surface area (Å²) in [5.74, 6) is 4.99. The Labute approximate surface area is 136 Å². The van der Waals surface area contributed by atoms with Gasteiger partial charge in [0.1, 0.15) is 5.52 Å². The SMILES string of the molecule is N=N/C(=N\N)c1c(-c2c[nH]c3nccnc23)cccc1S(N)(=O)=O. The maximum absolute atomic E-state index is 11.9. The molecular weight excluding hydrogens is 332 g/mol. The minimum absolute atomic E-state index is 0.0315. The van der Waals surface area contributed by atoms with Crippen molar-refractivity contribution in [2.24, 2.45) is 21.2 Å². The number of nitrogens with two attached hydrogens (primary N) is 2. The molecule has 0 radical (unpaired) electrons. The molecule has 2 aromatic heterocycles. The van der Waals surface area contributed by atoms with Crippen LogP contribution < -0.4 is 11.0 Å². The zero-order valence-electron chi connectivity index (χ0n) is 12.1. The van der Waals surface area contributed by atoms with Gasteiger partial charge < -0.3 is 10.8 Å². The number of benzene rings is 1. The first-order valence-electron chi connectivity index (χ1n) is 6.57. The molecule has 0 spiro atoms. The number of rotatable bonds is 3. The highest BCUT2D eigenvalue weighted by Crippen LogP contribution is 2.32. The minimum Gasteiger partial charge on any atom is -0.344 e. The van der Waals surface area contributed by atoms with Crippen LogP contribution in [0.2, 0.25) is 0 Å². The van der Waals surface area contributed by atoms with E-state index in [4.69, 9.17) is 16.5 Å². The summed E-state index contributed by atoms with van der Waals surface area (Å²) in [7, 11) is -4.09. The molecule has 0 saturated carbocycles. The third-order valence-electron chi connectivity index (χ3n) is 3.38. The summed E-state index contributed by atoms with van der Waals surface area (Å²) in [5.41, 5.74) is 9.27. The number of aromatic nitrogens is 3. The smallest absolute Gasteiger partial charge is 0.238 e. The van der Waals surface area contributed by atoms with Crippen molar-refractivity contribution < 1.29 is 8.42 Å². The van der Waals surface area contributed by atoms with Gasteiger partial charge in [0.15, 0.2) is 5.65 Å². The second-order valence-corrected chi connectivity index (χ2v) is 6.27. The summed E-state index contributed by atoms with van der Waals surface area (Å²) < 4.78 is 23.8. The van der Waals surface area contributed by atoms with E-state index in [1.54, 1.807) is 12.3 Å². The van der Waals surface area contributed by atoms with Crippen LogP contribution in [0.4, 0.5) is 0 Å². The highest BCUT2D eigenvalue weighted by Gasteiger charge is 2.24. The molecule has 0 saturated heterocycles. The molecule has 0 unspecified atom stereocenters. The average molecular weight is 344 g/mol. The number of primary sulfonamides is 1. The van der Waals surface area contributed by atoms with Crippen molar-refractivity contribution in [3.63, 3.8) is 0 Å². The summed E-state index contributed by atoms with van der Waals surface area (Å²) in [6.07, 6.45) is 4.65. The number of aromatic amines is 1. The molecule has 11 heteroatoms. The number of nitrogens with zero attached hydrogens (tertiary/aromatic N) is 4. The number of amidine groups is 1. The molecular formula is C13H12N8O2S. The molecule has 0 aliphatic heterocycles. The van der Waals surface area contributed by atoms with Crippen molar-refractivity contribution in [3.8, 4) is 11.1 Å². The molecule has 3 rings (SSSR count). The van der Waals surface area contributed by atoms with Crippen LogP contribution in [-0.4, -0.2) is 29.2 Å². The Balaban J connectivity index is 2.43. The Morgan fingerprint density at radius 2 is 1.96 bits per heavy atom.